The maximum absolute atomic E-state index is 5.12. The Morgan fingerprint density at radius 1 is 0.268 bits per heavy atom. The number of benzene rings is 7. The summed E-state index contributed by atoms with van der Waals surface area (Å²) >= 11 is 0. The Labute approximate surface area is 324 Å². The molecular weight excluding hydrogens is 683 g/mol. The lowest BCUT2D eigenvalue weighted by atomic mass is 9.93. The predicted molar refractivity (Wildman–Crippen MR) is 228 cm³/mol. The summed E-state index contributed by atoms with van der Waals surface area (Å²) in [5.74, 6) is 1.86. The summed E-state index contributed by atoms with van der Waals surface area (Å²) in [7, 11) is 0. The van der Waals surface area contributed by atoms with Crippen molar-refractivity contribution in [2.75, 3.05) is 0 Å². The molecule has 0 radical (unpaired) electrons. The second-order valence-electron chi connectivity index (χ2n) is 13.8. The largest absolute Gasteiger partial charge is 0.264 e. The van der Waals surface area contributed by atoms with Crippen LogP contribution in [0.3, 0.4) is 0 Å². The first kappa shape index (κ1) is 33.0. The molecule has 5 nitrogen and oxygen atoms in total. The number of hydrogen-bond donors (Lipinski definition) is 0. The molecule has 0 unspecified atom stereocenters. The van der Waals surface area contributed by atoms with Gasteiger partial charge in [-0.15, -0.1) is 0 Å². The van der Waals surface area contributed by atoms with E-state index in [1.54, 1.807) is 0 Å². The minimum absolute atomic E-state index is 0.609. The SMILES string of the molecule is c1ccc(-c2ccc(-c3cc(-c4ccc(-c5nc6ccccc6c6ccncc56)cc4)cc(-c4nc(-c5ccccc5)nc(-c5ccccc5)n4)c3)cc2)cc1. The monoisotopic (exact) mass is 715 g/mol. The summed E-state index contributed by atoms with van der Waals surface area (Å²) in [5.41, 5.74) is 12.3. The summed E-state index contributed by atoms with van der Waals surface area (Å²) in [6.07, 6.45) is 3.76. The lowest BCUT2D eigenvalue weighted by Gasteiger charge is -2.14. The second-order valence-corrected chi connectivity index (χ2v) is 13.8. The third-order valence-electron chi connectivity index (χ3n) is 10.2. The van der Waals surface area contributed by atoms with Gasteiger partial charge < -0.3 is 0 Å². The lowest BCUT2D eigenvalue weighted by Crippen LogP contribution is -2.00. The van der Waals surface area contributed by atoms with E-state index in [-0.39, 0.29) is 0 Å². The van der Waals surface area contributed by atoms with Crippen LogP contribution in [0.4, 0.5) is 0 Å². The van der Waals surface area contributed by atoms with Crippen LogP contribution >= 0.6 is 0 Å². The molecule has 262 valence electrons. The van der Waals surface area contributed by atoms with Gasteiger partial charge in [0.05, 0.1) is 11.2 Å². The van der Waals surface area contributed by atoms with Crippen molar-refractivity contribution in [3.63, 3.8) is 0 Å². The van der Waals surface area contributed by atoms with Crippen LogP contribution < -0.4 is 0 Å². The topological polar surface area (TPSA) is 64.5 Å². The van der Waals surface area contributed by atoms with Gasteiger partial charge in [0.15, 0.2) is 17.5 Å². The molecule has 3 aromatic heterocycles. The quantitative estimate of drug-likeness (QED) is 0.154. The number of fused-ring (bicyclic) bond motifs is 3. The summed E-state index contributed by atoms with van der Waals surface area (Å²) in [5, 5.41) is 3.29. The van der Waals surface area contributed by atoms with Gasteiger partial charge in [-0.3, -0.25) is 4.98 Å². The molecule has 5 heteroatoms. The number of nitrogens with zero attached hydrogens (tertiary/aromatic N) is 5. The van der Waals surface area contributed by atoms with Crippen molar-refractivity contribution in [2.45, 2.75) is 0 Å². The molecule has 0 aliphatic carbocycles. The summed E-state index contributed by atoms with van der Waals surface area (Å²) in [6, 6.07) is 65.0. The molecule has 0 saturated carbocycles. The zero-order valence-electron chi connectivity index (χ0n) is 30.3. The van der Waals surface area contributed by atoms with E-state index in [1.807, 2.05) is 85.2 Å². The highest BCUT2D eigenvalue weighted by Crippen LogP contribution is 2.37. The van der Waals surface area contributed by atoms with E-state index in [0.717, 1.165) is 71.9 Å². The van der Waals surface area contributed by atoms with E-state index in [0.29, 0.717) is 17.5 Å². The molecule has 0 aliphatic rings. The molecule has 0 amide bonds. The van der Waals surface area contributed by atoms with E-state index in [9.17, 15) is 0 Å². The molecule has 0 atom stereocenters. The molecule has 10 aromatic rings. The summed E-state index contributed by atoms with van der Waals surface area (Å²) in [6.45, 7) is 0. The van der Waals surface area contributed by atoms with Crippen LogP contribution in [0.2, 0.25) is 0 Å². The number of para-hydroxylation sites is 1. The van der Waals surface area contributed by atoms with Crippen molar-refractivity contribution < 1.29 is 0 Å². The van der Waals surface area contributed by atoms with Crippen LogP contribution in [0.5, 0.6) is 0 Å². The Hall–Kier alpha value is -7.63. The van der Waals surface area contributed by atoms with Crippen LogP contribution in [0.15, 0.2) is 200 Å². The number of rotatable bonds is 7. The van der Waals surface area contributed by atoms with Gasteiger partial charge in [-0.2, -0.15) is 0 Å². The van der Waals surface area contributed by atoms with Crippen molar-refractivity contribution in [3.8, 4) is 78.8 Å². The smallest absolute Gasteiger partial charge is 0.164 e. The zero-order chi connectivity index (χ0) is 37.3. The Morgan fingerprint density at radius 2 is 0.696 bits per heavy atom. The minimum Gasteiger partial charge on any atom is -0.264 e. The number of aromatic nitrogens is 5. The van der Waals surface area contributed by atoms with Crippen molar-refractivity contribution in [2.24, 2.45) is 0 Å². The predicted octanol–water partition coefficient (Wildman–Crippen LogP) is 12.6. The van der Waals surface area contributed by atoms with Gasteiger partial charge in [0, 0.05) is 45.4 Å². The molecule has 0 fully saturated rings. The van der Waals surface area contributed by atoms with Crippen molar-refractivity contribution in [1.29, 1.82) is 0 Å². The van der Waals surface area contributed by atoms with Crippen molar-refractivity contribution >= 4 is 21.7 Å². The Bertz CT molecular complexity index is 2930. The molecule has 0 N–H and O–H groups in total. The Kier molecular flexibility index (Phi) is 8.43. The molecule has 56 heavy (non-hydrogen) atoms. The van der Waals surface area contributed by atoms with E-state index >= 15 is 0 Å². The first-order valence-electron chi connectivity index (χ1n) is 18.7. The van der Waals surface area contributed by atoms with E-state index in [2.05, 4.69) is 120 Å². The fourth-order valence-corrected chi connectivity index (χ4v) is 7.35. The highest BCUT2D eigenvalue weighted by Gasteiger charge is 2.16. The number of pyridine rings is 2. The Morgan fingerprint density at radius 3 is 1.27 bits per heavy atom. The van der Waals surface area contributed by atoms with Gasteiger partial charge in [0.1, 0.15) is 0 Å². The molecule has 0 bridgehead atoms. The van der Waals surface area contributed by atoms with Gasteiger partial charge in [0.2, 0.25) is 0 Å². The van der Waals surface area contributed by atoms with Gasteiger partial charge in [-0.05, 0) is 69.1 Å². The molecule has 10 rings (SSSR count). The zero-order valence-corrected chi connectivity index (χ0v) is 30.3. The molecule has 0 aliphatic heterocycles. The van der Waals surface area contributed by atoms with Gasteiger partial charge in [-0.25, -0.2) is 19.9 Å². The average Bonchev–Trinajstić information content (AvgIpc) is 3.29. The number of hydrogen-bond acceptors (Lipinski definition) is 5. The van der Waals surface area contributed by atoms with Crippen LogP contribution in [0.1, 0.15) is 0 Å². The van der Waals surface area contributed by atoms with Crippen molar-refractivity contribution in [1.82, 2.24) is 24.9 Å². The van der Waals surface area contributed by atoms with Crippen LogP contribution in [-0.4, -0.2) is 24.9 Å². The minimum atomic E-state index is 0.609. The van der Waals surface area contributed by atoms with Gasteiger partial charge in [0.25, 0.3) is 0 Å². The molecule has 3 heterocycles. The summed E-state index contributed by atoms with van der Waals surface area (Å²) in [4.78, 5) is 24.7. The highest BCUT2D eigenvalue weighted by molar-refractivity contribution is 6.10. The van der Waals surface area contributed by atoms with E-state index in [4.69, 9.17) is 19.9 Å². The molecule has 7 aromatic carbocycles. The molecule has 0 spiro atoms. The van der Waals surface area contributed by atoms with E-state index in [1.165, 1.54) is 11.1 Å². The van der Waals surface area contributed by atoms with E-state index < -0.39 is 0 Å². The summed E-state index contributed by atoms with van der Waals surface area (Å²) < 4.78 is 0. The van der Waals surface area contributed by atoms with Gasteiger partial charge >= 0.3 is 0 Å². The third kappa shape index (κ3) is 6.37. The normalized spacial score (nSPS) is 11.2. The second kappa shape index (κ2) is 14.3. The first-order chi connectivity index (χ1) is 27.7. The highest BCUT2D eigenvalue weighted by atomic mass is 15.0. The first-order valence-corrected chi connectivity index (χ1v) is 18.7. The van der Waals surface area contributed by atoms with Crippen LogP contribution in [0.25, 0.3) is 100 Å². The molecular formula is C51H33N5. The van der Waals surface area contributed by atoms with Gasteiger partial charge in [-0.1, -0.05) is 158 Å². The van der Waals surface area contributed by atoms with Crippen LogP contribution in [0, 0.1) is 0 Å². The lowest BCUT2D eigenvalue weighted by molar-refractivity contribution is 1.07. The molecule has 0 saturated heterocycles. The third-order valence-corrected chi connectivity index (χ3v) is 10.2. The average molecular weight is 716 g/mol. The maximum Gasteiger partial charge on any atom is 0.164 e. The fourth-order valence-electron chi connectivity index (χ4n) is 7.35. The standard InChI is InChI=1S/C51H33N5/c1-4-12-34(13-5-1)35-20-22-36(23-21-35)41-30-42(37-24-26-38(27-25-37)48-46-33-52-29-28-44(46)45-18-10-11-19-47(45)53-48)32-43(31-41)51-55-49(39-14-6-2-7-15-39)54-50(56-51)40-16-8-3-9-17-40/h1-33H. The fraction of sp³-hybridized carbons (Fsp3) is 0. The van der Waals surface area contributed by atoms with Crippen molar-refractivity contribution in [3.05, 3.63) is 200 Å². The maximum atomic E-state index is 5.12. The Balaban J connectivity index is 1.12. The van der Waals surface area contributed by atoms with Crippen LogP contribution in [-0.2, 0) is 0 Å².